The number of hydrogen-bond acceptors (Lipinski definition) is 4. The van der Waals surface area contributed by atoms with E-state index in [0.717, 1.165) is 42.7 Å². The van der Waals surface area contributed by atoms with Gasteiger partial charge in [0.15, 0.2) is 0 Å². The molecule has 0 aliphatic heterocycles. The highest BCUT2D eigenvalue weighted by atomic mass is 35.5. The number of carbonyl (C=O) groups excluding carboxylic acids is 2. The molecule has 0 radical (unpaired) electrons. The van der Waals surface area contributed by atoms with Gasteiger partial charge in [-0.3, -0.25) is 13.9 Å². The molecular weight excluding hydrogens is 557 g/mol. The molecule has 0 spiro atoms. The van der Waals surface area contributed by atoms with E-state index in [1.165, 1.54) is 17.0 Å². The molecule has 1 atom stereocenters. The van der Waals surface area contributed by atoms with Gasteiger partial charge < -0.3 is 10.2 Å². The van der Waals surface area contributed by atoms with E-state index in [4.69, 9.17) is 34.8 Å². The molecule has 1 N–H and O–H groups in total. The van der Waals surface area contributed by atoms with Gasteiger partial charge in [0.05, 0.1) is 22.0 Å². The molecule has 0 aromatic heterocycles. The van der Waals surface area contributed by atoms with Gasteiger partial charge in [-0.15, -0.1) is 0 Å². The summed E-state index contributed by atoms with van der Waals surface area (Å²) in [5.74, 6) is -0.825. The standard InChI is InChI=1S/C26H32Cl3N3O4S/c1-3-22(26(34)30-19-11-5-4-6-12-19)31(16-18-10-7-8-13-20(18)27)24(33)17-32(37(2,35)36)23-15-9-14-21(28)25(23)29/h7-10,13-15,19,22H,3-6,11-12,16-17H2,1-2H3,(H,30,34)/t22-/m1/s1. The van der Waals surface area contributed by atoms with Crippen LogP contribution in [0, 0.1) is 0 Å². The van der Waals surface area contributed by atoms with E-state index >= 15 is 0 Å². The second-order valence-electron chi connectivity index (χ2n) is 9.22. The number of benzene rings is 2. The minimum absolute atomic E-state index is 0.0159. The Kier molecular flexibility index (Phi) is 10.5. The summed E-state index contributed by atoms with van der Waals surface area (Å²) in [4.78, 5) is 28.6. The number of nitrogens with one attached hydrogen (secondary N) is 1. The first-order valence-corrected chi connectivity index (χ1v) is 15.3. The highest BCUT2D eigenvalue weighted by molar-refractivity contribution is 7.92. The molecule has 37 heavy (non-hydrogen) atoms. The van der Waals surface area contributed by atoms with Crippen LogP contribution < -0.4 is 9.62 Å². The van der Waals surface area contributed by atoms with Crippen molar-refractivity contribution in [2.75, 3.05) is 17.1 Å². The van der Waals surface area contributed by atoms with Crippen molar-refractivity contribution in [1.29, 1.82) is 0 Å². The smallest absolute Gasteiger partial charge is 0.244 e. The Morgan fingerprint density at radius 3 is 2.27 bits per heavy atom. The lowest BCUT2D eigenvalue weighted by Crippen LogP contribution is -2.54. The maximum atomic E-state index is 13.8. The van der Waals surface area contributed by atoms with E-state index in [2.05, 4.69) is 5.32 Å². The summed E-state index contributed by atoms with van der Waals surface area (Å²) in [6.07, 6.45) is 6.37. The van der Waals surface area contributed by atoms with E-state index in [0.29, 0.717) is 17.0 Å². The van der Waals surface area contributed by atoms with Gasteiger partial charge in [-0.05, 0) is 43.0 Å². The summed E-state index contributed by atoms with van der Waals surface area (Å²) in [5.41, 5.74) is 0.732. The Morgan fingerprint density at radius 1 is 1.00 bits per heavy atom. The van der Waals surface area contributed by atoms with Crippen molar-refractivity contribution in [1.82, 2.24) is 10.2 Å². The van der Waals surface area contributed by atoms with E-state index < -0.39 is 28.5 Å². The molecule has 0 unspecified atom stereocenters. The summed E-state index contributed by atoms with van der Waals surface area (Å²) in [7, 11) is -3.93. The van der Waals surface area contributed by atoms with Gasteiger partial charge in [0, 0.05) is 17.6 Å². The van der Waals surface area contributed by atoms with E-state index in [1.807, 2.05) is 6.92 Å². The largest absolute Gasteiger partial charge is 0.352 e. The van der Waals surface area contributed by atoms with Gasteiger partial charge in [-0.2, -0.15) is 0 Å². The molecule has 0 saturated heterocycles. The Balaban J connectivity index is 1.95. The minimum Gasteiger partial charge on any atom is -0.352 e. The predicted octanol–water partition coefficient (Wildman–Crippen LogP) is 5.67. The van der Waals surface area contributed by atoms with Gasteiger partial charge in [-0.25, -0.2) is 8.42 Å². The van der Waals surface area contributed by atoms with Crippen LogP contribution in [0.4, 0.5) is 5.69 Å². The van der Waals surface area contributed by atoms with Crippen LogP contribution in [0.5, 0.6) is 0 Å². The van der Waals surface area contributed by atoms with Crippen molar-refractivity contribution >= 4 is 62.3 Å². The maximum absolute atomic E-state index is 13.8. The van der Waals surface area contributed by atoms with Crippen LogP contribution in [0.1, 0.15) is 51.0 Å². The third kappa shape index (κ3) is 7.76. The molecule has 0 heterocycles. The van der Waals surface area contributed by atoms with E-state index in [9.17, 15) is 18.0 Å². The van der Waals surface area contributed by atoms with Crippen molar-refractivity contribution in [3.05, 3.63) is 63.1 Å². The molecule has 1 aliphatic rings. The van der Waals surface area contributed by atoms with Crippen LogP contribution in [0.2, 0.25) is 15.1 Å². The minimum atomic E-state index is -3.93. The monoisotopic (exact) mass is 587 g/mol. The molecule has 2 aromatic carbocycles. The van der Waals surface area contributed by atoms with Crippen LogP contribution in [0.25, 0.3) is 0 Å². The summed E-state index contributed by atoms with van der Waals surface area (Å²) in [5, 5.41) is 3.72. The SMILES string of the molecule is CC[C@H](C(=O)NC1CCCCC1)N(Cc1ccccc1Cl)C(=O)CN(c1cccc(Cl)c1Cl)S(C)(=O)=O. The zero-order chi connectivity index (χ0) is 27.2. The van der Waals surface area contributed by atoms with Crippen molar-refractivity contribution in [3.8, 4) is 0 Å². The van der Waals surface area contributed by atoms with Crippen LogP contribution in [-0.4, -0.2) is 50.0 Å². The number of amides is 2. The molecule has 2 aromatic rings. The molecule has 1 aliphatic carbocycles. The number of nitrogens with zero attached hydrogens (tertiary/aromatic N) is 2. The first kappa shape index (κ1) is 29.6. The van der Waals surface area contributed by atoms with Crippen molar-refractivity contribution in [2.45, 2.75) is 64.1 Å². The number of anilines is 1. The fourth-order valence-electron chi connectivity index (χ4n) is 4.55. The van der Waals surface area contributed by atoms with Crippen LogP contribution in [-0.2, 0) is 26.2 Å². The highest BCUT2D eigenvalue weighted by Gasteiger charge is 2.33. The van der Waals surface area contributed by atoms with Crippen LogP contribution >= 0.6 is 34.8 Å². The molecule has 1 saturated carbocycles. The molecular formula is C26H32Cl3N3O4S. The second kappa shape index (κ2) is 13.2. The molecule has 2 amide bonds. The van der Waals surface area contributed by atoms with Crippen molar-refractivity contribution in [2.24, 2.45) is 0 Å². The molecule has 11 heteroatoms. The Labute approximate surface area is 234 Å². The lowest BCUT2D eigenvalue weighted by molar-refractivity contribution is -0.140. The summed E-state index contributed by atoms with van der Waals surface area (Å²) in [6, 6.07) is 10.9. The fourth-order valence-corrected chi connectivity index (χ4v) is 6.05. The first-order chi connectivity index (χ1) is 17.5. The first-order valence-electron chi connectivity index (χ1n) is 12.3. The van der Waals surface area contributed by atoms with Crippen LogP contribution in [0.3, 0.4) is 0 Å². The molecule has 7 nitrogen and oxygen atoms in total. The molecule has 202 valence electrons. The zero-order valence-corrected chi connectivity index (χ0v) is 24.0. The summed E-state index contributed by atoms with van der Waals surface area (Å²) < 4.78 is 26.4. The van der Waals surface area contributed by atoms with Crippen LogP contribution in [0.15, 0.2) is 42.5 Å². The average molecular weight is 589 g/mol. The van der Waals surface area contributed by atoms with Crippen molar-refractivity contribution < 1.29 is 18.0 Å². The third-order valence-electron chi connectivity index (χ3n) is 6.52. The molecule has 1 fully saturated rings. The third-order valence-corrected chi connectivity index (χ3v) is 8.82. The second-order valence-corrected chi connectivity index (χ2v) is 12.3. The van der Waals surface area contributed by atoms with E-state index in [-0.39, 0.29) is 34.2 Å². The Hall–Kier alpha value is -2.00. The van der Waals surface area contributed by atoms with Gasteiger partial charge in [0.25, 0.3) is 0 Å². The summed E-state index contributed by atoms with van der Waals surface area (Å²) in [6.45, 7) is 1.30. The number of carbonyl (C=O) groups is 2. The van der Waals surface area contributed by atoms with Gasteiger partial charge in [0.2, 0.25) is 21.8 Å². The lowest BCUT2D eigenvalue weighted by Gasteiger charge is -2.34. The normalized spacial score (nSPS) is 15.2. The predicted molar refractivity (Wildman–Crippen MR) is 150 cm³/mol. The number of sulfonamides is 1. The fraction of sp³-hybridized carbons (Fsp3) is 0.462. The van der Waals surface area contributed by atoms with E-state index in [1.54, 1.807) is 30.3 Å². The quantitative estimate of drug-likeness (QED) is 0.388. The highest BCUT2D eigenvalue weighted by Crippen LogP contribution is 2.34. The number of halogens is 3. The Morgan fingerprint density at radius 2 is 1.65 bits per heavy atom. The number of hydrogen-bond donors (Lipinski definition) is 1. The topological polar surface area (TPSA) is 86.8 Å². The number of rotatable bonds is 10. The van der Waals surface area contributed by atoms with Gasteiger partial charge in [-0.1, -0.05) is 85.3 Å². The Bertz CT molecular complexity index is 1220. The molecule has 3 rings (SSSR count). The molecule has 0 bridgehead atoms. The van der Waals surface area contributed by atoms with Gasteiger partial charge in [0.1, 0.15) is 12.6 Å². The zero-order valence-electron chi connectivity index (χ0n) is 20.9. The maximum Gasteiger partial charge on any atom is 0.244 e. The summed E-state index contributed by atoms with van der Waals surface area (Å²) >= 11 is 18.8. The average Bonchev–Trinajstić information content (AvgIpc) is 2.85. The van der Waals surface area contributed by atoms with Gasteiger partial charge >= 0.3 is 0 Å². The van der Waals surface area contributed by atoms with Crippen molar-refractivity contribution in [3.63, 3.8) is 0 Å². The lowest BCUT2D eigenvalue weighted by atomic mass is 9.95.